The number of hydrogen-bond acceptors (Lipinski definition) is 7. The molecule has 0 amide bonds. The van der Waals surface area contributed by atoms with Crippen molar-refractivity contribution >= 4 is 28.7 Å². The Kier molecular flexibility index (Phi) is 4.28. The van der Waals surface area contributed by atoms with Crippen LogP contribution >= 0.6 is 11.6 Å². The fourth-order valence-corrected chi connectivity index (χ4v) is 1.44. The third kappa shape index (κ3) is 2.91. The minimum Gasteiger partial charge on any atom is -0.454 e. The molecule has 9 heteroatoms. The fourth-order valence-electron chi connectivity index (χ4n) is 1.37. The molecule has 0 N–H and O–H groups in total. The van der Waals surface area contributed by atoms with E-state index in [2.05, 4.69) is 4.74 Å². The molecule has 8 nitrogen and oxygen atoms in total. The van der Waals surface area contributed by atoms with Crippen molar-refractivity contribution in [1.82, 2.24) is 0 Å². The Bertz CT molecular complexity index is 557. The second-order valence-corrected chi connectivity index (χ2v) is 3.42. The second-order valence-electron chi connectivity index (χ2n) is 3.11. The minimum absolute atomic E-state index is 0. The van der Waals surface area contributed by atoms with Gasteiger partial charge in [0.25, 0.3) is 5.69 Å². The van der Waals surface area contributed by atoms with Crippen molar-refractivity contribution in [2.45, 2.75) is 7.43 Å². The van der Waals surface area contributed by atoms with Crippen molar-refractivity contribution in [1.29, 1.82) is 0 Å². The van der Waals surface area contributed by atoms with Crippen molar-refractivity contribution in [3.05, 3.63) is 27.8 Å². The van der Waals surface area contributed by atoms with Crippen LogP contribution in [0.5, 0.6) is 11.5 Å². The van der Waals surface area contributed by atoms with Gasteiger partial charge in [-0.1, -0.05) is 7.43 Å². The Morgan fingerprint density at radius 1 is 1.32 bits per heavy atom. The first-order valence-electron chi connectivity index (χ1n) is 4.48. The number of benzene rings is 1. The molecular weight excluding hydrogens is 282 g/mol. The van der Waals surface area contributed by atoms with Gasteiger partial charge >= 0.3 is 11.4 Å². The van der Waals surface area contributed by atoms with Crippen molar-refractivity contribution in [3.8, 4) is 11.5 Å². The number of nitrogens with zero attached hydrogens (tertiary/aromatic N) is 1. The van der Waals surface area contributed by atoms with E-state index >= 15 is 0 Å². The summed E-state index contributed by atoms with van der Waals surface area (Å²) in [7, 11) is 0. The van der Waals surface area contributed by atoms with E-state index < -0.39 is 27.6 Å². The first-order valence-corrected chi connectivity index (χ1v) is 4.86. The van der Waals surface area contributed by atoms with Gasteiger partial charge in [0.15, 0.2) is 11.5 Å². The smallest absolute Gasteiger partial charge is 0.411 e. The van der Waals surface area contributed by atoms with Gasteiger partial charge in [0.2, 0.25) is 6.79 Å². The highest BCUT2D eigenvalue weighted by atomic mass is 35.5. The van der Waals surface area contributed by atoms with E-state index in [9.17, 15) is 19.7 Å². The molecule has 0 fully saturated rings. The molecule has 0 aliphatic carbocycles. The van der Waals surface area contributed by atoms with Gasteiger partial charge in [-0.15, -0.1) is 0 Å². The molecule has 0 saturated carbocycles. The van der Waals surface area contributed by atoms with Crippen LogP contribution in [0.25, 0.3) is 0 Å². The maximum absolute atomic E-state index is 11.5. The first kappa shape index (κ1) is 14.7. The van der Waals surface area contributed by atoms with Crippen LogP contribution in [-0.4, -0.2) is 23.1 Å². The number of ether oxygens (including phenoxy) is 3. The van der Waals surface area contributed by atoms with Gasteiger partial charge in [0.05, 0.1) is 11.0 Å². The SMILES string of the molecule is C.O=C(Cl)OC(=O)c1cc2c(cc1[N+](=O)[O-])OCO2. The summed E-state index contributed by atoms with van der Waals surface area (Å²) in [6.45, 7) is -0.112. The minimum atomic E-state index is -1.38. The number of fused-ring (bicyclic) bond motifs is 1. The predicted molar refractivity (Wildman–Crippen MR) is 62.6 cm³/mol. The Morgan fingerprint density at radius 3 is 2.42 bits per heavy atom. The standard InChI is InChI=1S/C9H4ClNO7.CH4/c10-9(13)18-8(12)4-1-6-7(17-3-16-6)2-5(4)11(14)15;/h1-2H,3H2;1H4. The molecule has 0 unspecified atom stereocenters. The lowest BCUT2D eigenvalue weighted by molar-refractivity contribution is -0.385. The number of hydrogen-bond donors (Lipinski definition) is 0. The monoisotopic (exact) mass is 289 g/mol. The van der Waals surface area contributed by atoms with Crippen LogP contribution in [0, 0.1) is 10.1 Å². The quantitative estimate of drug-likeness (QED) is 0.271. The Balaban J connectivity index is 0.00000180. The van der Waals surface area contributed by atoms with Crippen molar-refractivity contribution in [2.75, 3.05) is 6.79 Å². The summed E-state index contributed by atoms with van der Waals surface area (Å²) >= 11 is 4.86. The molecule has 0 bridgehead atoms. The summed E-state index contributed by atoms with van der Waals surface area (Å²) in [6.07, 6.45) is 0. The van der Waals surface area contributed by atoms with Gasteiger partial charge < -0.3 is 14.2 Å². The number of carbonyl (C=O) groups is 2. The van der Waals surface area contributed by atoms with E-state index in [4.69, 9.17) is 21.1 Å². The van der Waals surface area contributed by atoms with Crippen LogP contribution in [0.3, 0.4) is 0 Å². The third-order valence-electron chi connectivity index (χ3n) is 2.08. The highest BCUT2D eigenvalue weighted by Crippen LogP contribution is 2.38. The van der Waals surface area contributed by atoms with Gasteiger partial charge in [-0.3, -0.25) is 10.1 Å². The number of esters is 1. The van der Waals surface area contributed by atoms with E-state index in [1.54, 1.807) is 0 Å². The zero-order valence-electron chi connectivity index (χ0n) is 8.54. The molecular formula is C10H8ClNO7. The molecule has 1 aromatic rings. The highest BCUT2D eigenvalue weighted by Gasteiger charge is 2.29. The van der Waals surface area contributed by atoms with Gasteiger partial charge in [-0.05, 0) is 0 Å². The highest BCUT2D eigenvalue weighted by molar-refractivity contribution is 6.62. The predicted octanol–water partition coefficient (Wildman–Crippen LogP) is 2.48. The van der Waals surface area contributed by atoms with Crippen LogP contribution < -0.4 is 9.47 Å². The number of carbonyl (C=O) groups excluding carboxylic acids is 2. The molecule has 1 aliphatic heterocycles. The van der Waals surface area contributed by atoms with Gasteiger partial charge in [-0.2, -0.15) is 0 Å². The molecule has 0 spiro atoms. The van der Waals surface area contributed by atoms with Crippen LogP contribution in [0.15, 0.2) is 12.1 Å². The molecule has 1 heterocycles. The lowest BCUT2D eigenvalue weighted by atomic mass is 10.1. The van der Waals surface area contributed by atoms with Gasteiger partial charge in [0.1, 0.15) is 5.56 Å². The summed E-state index contributed by atoms with van der Waals surface area (Å²) in [5, 5.41) is 10.8. The van der Waals surface area contributed by atoms with Gasteiger partial charge in [-0.25, -0.2) is 9.59 Å². The Morgan fingerprint density at radius 2 is 1.89 bits per heavy atom. The Labute approximate surface area is 112 Å². The first-order chi connectivity index (χ1) is 8.49. The summed E-state index contributed by atoms with van der Waals surface area (Å²) in [6, 6.07) is 2.07. The summed E-state index contributed by atoms with van der Waals surface area (Å²) in [5.74, 6) is -0.954. The number of halogens is 1. The zero-order chi connectivity index (χ0) is 13.3. The van der Waals surface area contributed by atoms with E-state index in [1.807, 2.05) is 0 Å². The Hall–Kier alpha value is -2.35. The third-order valence-corrected chi connectivity index (χ3v) is 2.16. The zero-order valence-corrected chi connectivity index (χ0v) is 9.30. The molecule has 2 rings (SSSR count). The molecule has 0 atom stereocenters. The topological polar surface area (TPSA) is 105 Å². The van der Waals surface area contributed by atoms with Crippen LogP contribution in [0.2, 0.25) is 0 Å². The number of nitro benzene ring substituents is 1. The summed E-state index contributed by atoms with van der Waals surface area (Å²) < 4.78 is 14.0. The molecule has 0 aromatic heterocycles. The van der Waals surface area contributed by atoms with Crippen molar-refractivity contribution < 1.29 is 28.7 Å². The normalized spacial score (nSPS) is 11.4. The summed E-state index contributed by atoms with van der Waals surface area (Å²) in [5.41, 5.74) is -2.40. The number of rotatable bonds is 2. The average molecular weight is 290 g/mol. The molecule has 102 valence electrons. The maximum atomic E-state index is 11.5. The van der Waals surface area contributed by atoms with Crippen molar-refractivity contribution in [3.63, 3.8) is 0 Å². The van der Waals surface area contributed by atoms with E-state index in [-0.39, 0.29) is 25.7 Å². The number of nitro groups is 1. The van der Waals surface area contributed by atoms with E-state index in [1.165, 1.54) is 0 Å². The maximum Gasteiger partial charge on any atom is 0.411 e. The second kappa shape index (κ2) is 5.53. The molecule has 1 aromatic carbocycles. The average Bonchev–Trinajstić information content (AvgIpc) is 2.72. The molecule has 1 aliphatic rings. The lowest BCUT2D eigenvalue weighted by Gasteiger charge is -2.02. The van der Waals surface area contributed by atoms with Gasteiger partial charge in [0, 0.05) is 17.7 Å². The largest absolute Gasteiger partial charge is 0.454 e. The van der Waals surface area contributed by atoms with Crippen molar-refractivity contribution in [2.24, 2.45) is 0 Å². The van der Waals surface area contributed by atoms with Crippen LogP contribution in [0.4, 0.5) is 10.5 Å². The summed E-state index contributed by atoms with van der Waals surface area (Å²) in [4.78, 5) is 31.9. The van der Waals surface area contributed by atoms with E-state index in [0.717, 1.165) is 12.1 Å². The van der Waals surface area contributed by atoms with Crippen LogP contribution in [-0.2, 0) is 4.74 Å². The molecule has 0 radical (unpaired) electrons. The van der Waals surface area contributed by atoms with Crippen LogP contribution in [0.1, 0.15) is 17.8 Å². The molecule has 0 saturated heterocycles. The molecule has 19 heavy (non-hydrogen) atoms. The van der Waals surface area contributed by atoms with E-state index in [0.29, 0.717) is 0 Å². The fraction of sp³-hybridized carbons (Fsp3) is 0.200. The lowest BCUT2D eigenvalue weighted by Crippen LogP contribution is -2.09.